The third-order valence-electron chi connectivity index (χ3n) is 3.95. The Labute approximate surface area is 127 Å². The van der Waals surface area contributed by atoms with Crippen LogP contribution in [-0.2, 0) is 19.4 Å². The minimum atomic E-state index is -0.00477. The molecule has 0 unspecified atom stereocenters. The number of nitrogens with one attached hydrogen (secondary N) is 1. The number of H-pyrrole nitrogens is 1. The van der Waals surface area contributed by atoms with Crippen molar-refractivity contribution in [1.29, 1.82) is 0 Å². The summed E-state index contributed by atoms with van der Waals surface area (Å²) in [6, 6.07) is 0. The maximum Gasteiger partial charge on any atom is 0.259 e. The first-order valence-corrected chi connectivity index (χ1v) is 8.41. The van der Waals surface area contributed by atoms with Crippen LogP contribution in [0.25, 0.3) is 10.2 Å². The summed E-state index contributed by atoms with van der Waals surface area (Å²) in [6.07, 6.45) is 4.25. The lowest BCUT2D eigenvalue weighted by Gasteiger charge is -2.19. The molecule has 0 aliphatic heterocycles. The lowest BCUT2D eigenvalue weighted by Crippen LogP contribution is -2.29. The Kier molecular flexibility index (Phi) is 4.37. The highest BCUT2D eigenvalue weighted by atomic mass is 32.1. The zero-order chi connectivity index (χ0) is 14.8. The molecule has 114 valence electrons. The second-order valence-corrected chi connectivity index (χ2v) is 6.63. The van der Waals surface area contributed by atoms with Crippen molar-refractivity contribution in [2.45, 2.75) is 39.2 Å². The largest absolute Gasteiger partial charge is 0.395 e. The van der Waals surface area contributed by atoms with Crippen molar-refractivity contribution in [3.05, 3.63) is 26.6 Å². The van der Waals surface area contributed by atoms with E-state index in [1.165, 1.54) is 10.4 Å². The Balaban J connectivity index is 1.92. The number of hydrogen-bond donors (Lipinski definition) is 2. The topological polar surface area (TPSA) is 69.2 Å². The summed E-state index contributed by atoms with van der Waals surface area (Å²) >= 11 is 1.67. The molecule has 2 heterocycles. The first-order chi connectivity index (χ1) is 10.2. The summed E-state index contributed by atoms with van der Waals surface area (Å²) in [5.74, 6) is 0.703. The van der Waals surface area contributed by atoms with E-state index in [1.54, 1.807) is 11.3 Å². The number of hydrogen-bond acceptors (Lipinski definition) is 5. The number of fused-ring (bicyclic) bond motifs is 3. The molecule has 21 heavy (non-hydrogen) atoms. The van der Waals surface area contributed by atoms with Gasteiger partial charge in [0.1, 0.15) is 10.7 Å². The number of aromatic nitrogens is 2. The van der Waals surface area contributed by atoms with E-state index in [-0.39, 0.29) is 12.2 Å². The monoisotopic (exact) mass is 307 g/mol. The summed E-state index contributed by atoms with van der Waals surface area (Å²) in [5, 5.41) is 9.92. The highest BCUT2D eigenvalue weighted by molar-refractivity contribution is 7.18. The highest BCUT2D eigenvalue weighted by Gasteiger charge is 2.21. The molecule has 0 spiro atoms. The SMILES string of the molecule is CCCN(CCO)Cc1nc2sc3c(c2c(=O)[nH]1)CCC3. The minimum Gasteiger partial charge on any atom is -0.395 e. The molecule has 2 N–H and O–H groups in total. The third kappa shape index (κ3) is 2.88. The lowest BCUT2D eigenvalue weighted by molar-refractivity contribution is 0.187. The molecular weight excluding hydrogens is 286 g/mol. The third-order valence-corrected chi connectivity index (χ3v) is 5.14. The molecule has 0 atom stereocenters. The average Bonchev–Trinajstić information content (AvgIpc) is 2.99. The van der Waals surface area contributed by atoms with Crippen LogP contribution in [0.4, 0.5) is 0 Å². The van der Waals surface area contributed by atoms with Crippen molar-refractivity contribution >= 4 is 21.6 Å². The Bertz CT molecular complexity index is 686. The lowest BCUT2D eigenvalue weighted by atomic mass is 10.2. The molecular formula is C15H21N3O2S. The fourth-order valence-corrected chi connectivity index (χ4v) is 4.34. The highest BCUT2D eigenvalue weighted by Crippen LogP contribution is 2.34. The summed E-state index contributed by atoms with van der Waals surface area (Å²) < 4.78 is 0. The molecule has 0 amide bonds. The Morgan fingerprint density at radius 1 is 1.38 bits per heavy atom. The van der Waals surface area contributed by atoms with E-state index in [0.717, 1.165) is 42.4 Å². The molecule has 0 bridgehead atoms. The normalized spacial score (nSPS) is 14.2. The van der Waals surface area contributed by atoms with E-state index in [1.807, 2.05) is 0 Å². The fourth-order valence-electron chi connectivity index (χ4n) is 3.06. The molecule has 6 heteroatoms. The predicted molar refractivity (Wildman–Crippen MR) is 84.9 cm³/mol. The number of rotatable bonds is 6. The number of nitrogens with zero attached hydrogens (tertiary/aromatic N) is 2. The Hall–Kier alpha value is -1.24. The molecule has 2 aromatic heterocycles. The van der Waals surface area contributed by atoms with Gasteiger partial charge in [-0.2, -0.15) is 0 Å². The summed E-state index contributed by atoms with van der Waals surface area (Å²) in [7, 11) is 0. The van der Waals surface area contributed by atoms with E-state index < -0.39 is 0 Å². The molecule has 0 saturated carbocycles. The Morgan fingerprint density at radius 3 is 3.00 bits per heavy atom. The smallest absolute Gasteiger partial charge is 0.259 e. The van der Waals surface area contributed by atoms with Crippen LogP contribution in [0.5, 0.6) is 0 Å². The van der Waals surface area contributed by atoms with E-state index in [0.29, 0.717) is 18.9 Å². The molecule has 3 rings (SSSR count). The van der Waals surface area contributed by atoms with Crippen LogP contribution in [0.3, 0.4) is 0 Å². The van der Waals surface area contributed by atoms with Gasteiger partial charge in [0.05, 0.1) is 18.5 Å². The van der Waals surface area contributed by atoms with Gasteiger partial charge < -0.3 is 10.1 Å². The molecule has 1 aliphatic carbocycles. The maximum atomic E-state index is 12.4. The van der Waals surface area contributed by atoms with Gasteiger partial charge in [-0.3, -0.25) is 9.69 Å². The molecule has 0 saturated heterocycles. The van der Waals surface area contributed by atoms with Crippen LogP contribution in [0.2, 0.25) is 0 Å². The zero-order valence-electron chi connectivity index (χ0n) is 12.3. The van der Waals surface area contributed by atoms with Gasteiger partial charge in [-0.25, -0.2) is 4.98 Å². The van der Waals surface area contributed by atoms with Crippen molar-refractivity contribution in [2.24, 2.45) is 0 Å². The average molecular weight is 307 g/mol. The molecule has 5 nitrogen and oxygen atoms in total. The van der Waals surface area contributed by atoms with Gasteiger partial charge in [-0.05, 0) is 37.8 Å². The molecule has 0 fully saturated rings. The predicted octanol–water partition coefficient (Wildman–Crippen LogP) is 1.68. The first kappa shape index (κ1) is 14.7. The van der Waals surface area contributed by atoms with Crippen molar-refractivity contribution < 1.29 is 5.11 Å². The number of thiophene rings is 1. The van der Waals surface area contributed by atoms with Crippen LogP contribution in [0.1, 0.15) is 36.0 Å². The van der Waals surface area contributed by atoms with Crippen LogP contribution >= 0.6 is 11.3 Å². The second-order valence-electron chi connectivity index (χ2n) is 5.55. The van der Waals surface area contributed by atoms with Gasteiger partial charge in [0.15, 0.2) is 0 Å². The van der Waals surface area contributed by atoms with Gasteiger partial charge >= 0.3 is 0 Å². The van der Waals surface area contributed by atoms with Crippen molar-refractivity contribution in [3.63, 3.8) is 0 Å². The number of aliphatic hydroxyl groups is 1. The van der Waals surface area contributed by atoms with Gasteiger partial charge in [-0.1, -0.05) is 6.92 Å². The standard InChI is InChI=1S/C15H21N3O2S/c1-2-6-18(7-8-19)9-12-16-14(20)13-10-4-3-5-11(10)21-15(13)17-12/h19H,2-9H2,1H3,(H,16,17,20). The van der Waals surface area contributed by atoms with E-state index in [4.69, 9.17) is 5.11 Å². The fraction of sp³-hybridized carbons (Fsp3) is 0.600. The molecule has 1 aliphatic rings. The minimum absolute atomic E-state index is 0.00477. The maximum absolute atomic E-state index is 12.4. The van der Waals surface area contributed by atoms with Gasteiger partial charge in [0.2, 0.25) is 0 Å². The van der Waals surface area contributed by atoms with Crippen LogP contribution in [-0.4, -0.2) is 39.7 Å². The first-order valence-electron chi connectivity index (χ1n) is 7.59. The van der Waals surface area contributed by atoms with Crippen molar-refractivity contribution in [1.82, 2.24) is 14.9 Å². The number of aromatic amines is 1. The summed E-state index contributed by atoms with van der Waals surface area (Å²) in [4.78, 5) is 24.3. The van der Waals surface area contributed by atoms with Crippen LogP contribution in [0.15, 0.2) is 4.79 Å². The summed E-state index contributed by atoms with van der Waals surface area (Å²) in [5.41, 5.74) is 1.21. The van der Waals surface area contributed by atoms with E-state index in [9.17, 15) is 4.79 Å². The van der Waals surface area contributed by atoms with Gasteiger partial charge in [0.25, 0.3) is 5.56 Å². The van der Waals surface area contributed by atoms with E-state index in [2.05, 4.69) is 21.8 Å². The van der Waals surface area contributed by atoms with Gasteiger partial charge in [0, 0.05) is 11.4 Å². The zero-order valence-corrected chi connectivity index (χ0v) is 13.1. The number of aryl methyl sites for hydroxylation is 2. The van der Waals surface area contributed by atoms with Crippen molar-refractivity contribution in [2.75, 3.05) is 19.7 Å². The van der Waals surface area contributed by atoms with Crippen molar-refractivity contribution in [3.8, 4) is 0 Å². The quantitative estimate of drug-likeness (QED) is 0.852. The van der Waals surface area contributed by atoms with Crippen LogP contribution < -0.4 is 5.56 Å². The molecule has 0 aromatic carbocycles. The Morgan fingerprint density at radius 2 is 2.24 bits per heavy atom. The second kappa shape index (κ2) is 6.25. The molecule has 0 radical (unpaired) electrons. The van der Waals surface area contributed by atoms with Crippen LogP contribution in [0, 0.1) is 0 Å². The van der Waals surface area contributed by atoms with E-state index >= 15 is 0 Å². The summed E-state index contributed by atoms with van der Waals surface area (Å²) in [6.45, 7) is 4.31. The number of aliphatic hydroxyl groups excluding tert-OH is 1. The van der Waals surface area contributed by atoms with Gasteiger partial charge in [-0.15, -0.1) is 11.3 Å². The molecule has 2 aromatic rings.